The molecule has 2 rings (SSSR count). The van der Waals surface area contributed by atoms with Gasteiger partial charge in [-0.15, -0.1) is 0 Å². The van der Waals surface area contributed by atoms with Crippen LogP contribution in [0.2, 0.25) is 0 Å². The van der Waals surface area contributed by atoms with Crippen LogP contribution in [0.3, 0.4) is 0 Å². The summed E-state index contributed by atoms with van der Waals surface area (Å²) in [5.74, 6) is 2.20. The van der Waals surface area contributed by atoms with Crippen LogP contribution >= 0.6 is 0 Å². The van der Waals surface area contributed by atoms with Crippen LogP contribution in [0, 0.1) is 23.7 Å². The highest BCUT2D eigenvalue weighted by molar-refractivity contribution is 5.33. The molecule has 0 amide bonds. The standard InChI is InChI=1S/C12H18O2/c1-8-9-4-5-10(8)12(7-14-3)11(9)6-13-2/h4-5,9-12H,1,6-7H2,2-3H3/t9-,10+,11-,12+. The minimum atomic E-state index is 0.528. The smallest absolute Gasteiger partial charge is 0.0503 e. The third-order valence-electron chi connectivity index (χ3n) is 3.57. The minimum Gasteiger partial charge on any atom is -0.384 e. The molecule has 2 heteroatoms. The lowest BCUT2D eigenvalue weighted by atomic mass is 9.84. The van der Waals surface area contributed by atoms with Gasteiger partial charge in [0.15, 0.2) is 0 Å². The van der Waals surface area contributed by atoms with Crippen molar-refractivity contribution in [1.29, 1.82) is 0 Å². The van der Waals surface area contributed by atoms with Gasteiger partial charge >= 0.3 is 0 Å². The summed E-state index contributed by atoms with van der Waals surface area (Å²) in [5, 5.41) is 0. The van der Waals surface area contributed by atoms with E-state index in [2.05, 4.69) is 18.7 Å². The molecule has 2 nitrogen and oxygen atoms in total. The third kappa shape index (κ3) is 1.33. The normalized spacial score (nSPS) is 39.7. The Morgan fingerprint density at radius 1 is 1.07 bits per heavy atom. The first kappa shape index (κ1) is 9.94. The van der Waals surface area contributed by atoms with Gasteiger partial charge in [0.25, 0.3) is 0 Å². The predicted molar refractivity (Wildman–Crippen MR) is 56.0 cm³/mol. The minimum absolute atomic E-state index is 0.528. The van der Waals surface area contributed by atoms with Gasteiger partial charge in [-0.05, 0) is 11.8 Å². The lowest BCUT2D eigenvalue weighted by Gasteiger charge is -2.26. The fraction of sp³-hybridized carbons (Fsp3) is 0.667. The summed E-state index contributed by atoms with van der Waals surface area (Å²) in [6.07, 6.45) is 4.56. The first-order valence-electron chi connectivity index (χ1n) is 5.14. The lowest BCUT2D eigenvalue weighted by Crippen LogP contribution is -2.27. The van der Waals surface area contributed by atoms with Crippen LogP contribution in [0.5, 0.6) is 0 Å². The Labute approximate surface area is 85.6 Å². The van der Waals surface area contributed by atoms with E-state index >= 15 is 0 Å². The summed E-state index contributed by atoms with van der Waals surface area (Å²) in [4.78, 5) is 0. The van der Waals surface area contributed by atoms with Crippen molar-refractivity contribution in [2.24, 2.45) is 23.7 Å². The molecule has 2 bridgehead atoms. The van der Waals surface area contributed by atoms with Crippen LogP contribution in [0.25, 0.3) is 0 Å². The van der Waals surface area contributed by atoms with Crippen LogP contribution in [0.1, 0.15) is 0 Å². The molecule has 2 aliphatic carbocycles. The molecule has 0 heterocycles. The molecule has 14 heavy (non-hydrogen) atoms. The van der Waals surface area contributed by atoms with Crippen molar-refractivity contribution < 1.29 is 9.47 Å². The van der Waals surface area contributed by atoms with Gasteiger partial charge in [-0.1, -0.05) is 24.3 Å². The Kier molecular flexibility index (Phi) is 2.75. The van der Waals surface area contributed by atoms with E-state index in [1.54, 1.807) is 14.2 Å². The van der Waals surface area contributed by atoms with E-state index in [-0.39, 0.29) is 0 Å². The zero-order chi connectivity index (χ0) is 10.1. The molecule has 0 saturated heterocycles. The zero-order valence-electron chi connectivity index (χ0n) is 8.90. The Morgan fingerprint density at radius 3 is 1.86 bits per heavy atom. The van der Waals surface area contributed by atoms with Crippen molar-refractivity contribution in [3.8, 4) is 0 Å². The summed E-state index contributed by atoms with van der Waals surface area (Å²) in [6, 6.07) is 0. The molecule has 78 valence electrons. The Bertz CT molecular complexity index is 233. The van der Waals surface area contributed by atoms with Gasteiger partial charge in [0.05, 0.1) is 13.2 Å². The van der Waals surface area contributed by atoms with Crippen LogP contribution in [0.15, 0.2) is 24.3 Å². The van der Waals surface area contributed by atoms with Gasteiger partial charge in [0, 0.05) is 26.1 Å². The predicted octanol–water partition coefficient (Wildman–Crippen LogP) is 1.88. The van der Waals surface area contributed by atoms with Crippen LogP contribution in [0.4, 0.5) is 0 Å². The number of rotatable bonds is 4. The number of ether oxygens (including phenoxy) is 2. The average molecular weight is 194 g/mol. The van der Waals surface area contributed by atoms with E-state index in [0.29, 0.717) is 23.7 Å². The summed E-state index contributed by atoms with van der Waals surface area (Å²) in [7, 11) is 3.53. The van der Waals surface area contributed by atoms with Gasteiger partial charge in [-0.3, -0.25) is 0 Å². The maximum atomic E-state index is 5.27. The van der Waals surface area contributed by atoms with Crippen LogP contribution in [-0.4, -0.2) is 27.4 Å². The second-order valence-electron chi connectivity index (χ2n) is 4.25. The third-order valence-corrected chi connectivity index (χ3v) is 3.57. The number of hydrogen-bond acceptors (Lipinski definition) is 2. The Morgan fingerprint density at radius 2 is 1.50 bits per heavy atom. The second kappa shape index (κ2) is 3.87. The lowest BCUT2D eigenvalue weighted by molar-refractivity contribution is 0.0647. The number of allylic oxidation sites excluding steroid dienone is 3. The monoisotopic (exact) mass is 194 g/mol. The molecule has 0 aromatic carbocycles. The van der Waals surface area contributed by atoms with Gasteiger partial charge in [-0.2, -0.15) is 0 Å². The molecule has 1 saturated carbocycles. The average Bonchev–Trinajstić information content (AvgIpc) is 2.64. The molecule has 0 unspecified atom stereocenters. The van der Waals surface area contributed by atoms with Crippen molar-refractivity contribution in [2.45, 2.75) is 0 Å². The molecule has 0 radical (unpaired) electrons. The topological polar surface area (TPSA) is 18.5 Å². The summed E-state index contributed by atoms with van der Waals surface area (Å²) < 4.78 is 10.5. The first-order valence-corrected chi connectivity index (χ1v) is 5.14. The van der Waals surface area contributed by atoms with Crippen molar-refractivity contribution in [1.82, 2.24) is 0 Å². The number of hydrogen-bond donors (Lipinski definition) is 0. The van der Waals surface area contributed by atoms with E-state index in [0.717, 1.165) is 13.2 Å². The van der Waals surface area contributed by atoms with Crippen molar-refractivity contribution in [2.75, 3.05) is 27.4 Å². The summed E-state index contributed by atoms with van der Waals surface area (Å²) >= 11 is 0. The van der Waals surface area contributed by atoms with Crippen LogP contribution < -0.4 is 0 Å². The molecule has 0 N–H and O–H groups in total. The van der Waals surface area contributed by atoms with Crippen LogP contribution in [-0.2, 0) is 9.47 Å². The maximum absolute atomic E-state index is 5.27. The maximum Gasteiger partial charge on any atom is 0.0503 e. The largest absolute Gasteiger partial charge is 0.384 e. The fourth-order valence-corrected chi connectivity index (χ4v) is 2.92. The van der Waals surface area contributed by atoms with Crippen molar-refractivity contribution in [3.05, 3.63) is 24.3 Å². The van der Waals surface area contributed by atoms with Gasteiger partial charge in [0.1, 0.15) is 0 Å². The highest BCUT2D eigenvalue weighted by Crippen LogP contribution is 2.51. The van der Waals surface area contributed by atoms with E-state index in [1.165, 1.54) is 5.57 Å². The second-order valence-corrected chi connectivity index (χ2v) is 4.25. The Balaban J connectivity index is 2.14. The summed E-state index contributed by atoms with van der Waals surface area (Å²) in [6.45, 7) is 5.81. The molecule has 0 aliphatic heterocycles. The highest BCUT2D eigenvalue weighted by atomic mass is 16.5. The van der Waals surface area contributed by atoms with Gasteiger partial charge in [-0.25, -0.2) is 0 Å². The highest BCUT2D eigenvalue weighted by Gasteiger charge is 2.46. The van der Waals surface area contributed by atoms with E-state index in [9.17, 15) is 0 Å². The van der Waals surface area contributed by atoms with E-state index in [1.807, 2.05) is 0 Å². The zero-order valence-corrected chi connectivity index (χ0v) is 8.90. The molecule has 4 atom stereocenters. The van der Waals surface area contributed by atoms with Gasteiger partial charge < -0.3 is 9.47 Å². The van der Waals surface area contributed by atoms with E-state index in [4.69, 9.17) is 9.47 Å². The first-order chi connectivity index (χ1) is 6.79. The quantitative estimate of drug-likeness (QED) is 0.636. The SMILES string of the molecule is C=C1[C@H]2C=C[C@@H]1[C@H](COC)[C@@H]2COC. The molecular weight excluding hydrogens is 176 g/mol. The van der Waals surface area contributed by atoms with E-state index < -0.39 is 0 Å². The molecule has 2 aliphatic rings. The number of methoxy groups -OCH3 is 2. The Hall–Kier alpha value is -0.600. The molecule has 0 aromatic rings. The molecular formula is C12H18O2. The summed E-state index contributed by atoms with van der Waals surface area (Å²) in [5.41, 5.74) is 1.36. The number of fused-ring (bicyclic) bond motifs is 2. The van der Waals surface area contributed by atoms with Gasteiger partial charge in [0.2, 0.25) is 0 Å². The molecule has 0 aromatic heterocycles. The van der Waals surface area contributed by atoms with Crippen molar-refractivity contribution >= 4 is 0 Å². The van der Waals surface area contributed by atoms with Crippen molar-refractivity contribution in [3.63, 3.8) is 0 Å². The molecule has 1 fully saturated rings. The molecule has 0 spiro atoms. The fourth-order valence-electron chi connectivity index (χ4n) is 2.92.